The predicted molar refractivity (Wildman–Crippen MR) is 101 cm³/mol. The number of hydrogen-bond acceptors (Lipinski definition) is 4. The SMILES string of the molecule is CCNC(=NCc1ccc(OCC)c(OC)c1)N(C)CC1CCOC1. The van der Waals surface area contributed by atoms with E-state index >= 15 is 0 Å². The molecule has 1 aromatic rings. The van der Waals surface area contributed by atoms with E-state index in [1.54, 1.807) is 7.11 Å². The van der Waals surface area contributed by atoms with E-state index in [9.17, 15) is 0 Å². The van der Waals surface area contributed by atoms with E-state index < -0.39 is 0 Å². The molecule has 0 bridgehead atoms. The smallest absolute Gasteiger partial charge is 0.193 e. The van der Waals surface area contributed by atoms with Crippen molar-refractivity contribution in [1.82, 2.24) is 10.2 Å². The van der Waals surface area contributed by atoms with Crippen LogP contribution in [0.15, 0.2) is 23.2 Å². The van der Waals surface area contributed by atoms with Gasteiger partial charge in [-0.05, 0) is 38.0 Å². The Bertz CT molecular complexity index is 557. The molecule has 0 radical (unpaired) electrons. The molecule has 1 aliphatic heterocycles. The zero-order valence-electron chi connectivity index (χ0n) is 15.9. The van der Waals surface area contributed by atoms with Crippen LogP contribution in [0.25, 0.3) is 0 Å². The fourth-order valence-electron chi connectivity index (χ4n) is 2.92. The van der Waals surface area contributed by atoms with Gasteiger partial charge in [0.25, 0.3) is 0 Å². The Labute approximate surface area is 151 Å². The molecule has 1 atom stereocenters. The summed E-state index contributed by atoms with van der Waals surface area (Å²) in [6, 6.07) is 5.97. The minimum absolute atomic E-state index is 0.583. The van der Waals surface area contributed by atoms with E-state index in [-0.39, 0.29) is 0 Å². The zero-order chi connectivity index (χ0) is 18.1. The molecule has 1 fully saturated rings. The molecule has 2 rings (SSSR count). The Kier molecular flexibility index (Phi) is 7.85. The number of methoxy groups -OCH3 is 1. The molecule has 0 aromatic heterocycles. The molecule has 1 unspecified atom stereocenters. The van der Waals surface area contributed by atoms with E-state index in [1.807, 2.05) is 25.1 Å². The molecule has 1 saturated heterocycles. The normalized spacial score (nSPS) is 17.4. The average molecular weight is 349 g/mol. The Morgan fingerprint density at radius 3 is 2.84 bits per heavy atom. The van der Waals surface area contributed by atoms with E-state index in [0.717, 1.165) is 55.7 Å². The summed E-state index contributed by atoms with van der Waals surface area (Å²) in [4.78, 5) is 6.96. The summed E-state index contributed by atoms with van der Waals surface area (Å²) in [6.45, 7) is 8.78. The number of ether oxygens (including phenoxy) is 3. The maximum absolute atomic E-state index is 5.57. The van der Waals surface area contributed by atoms with Gasteiger partial charge in [0.1, 0.15) is 0 Å². The van der Waals surface area contributed by atoms with Crippen LogP contribution in [0.3, 0.4) is 0 Å². The van der Waals surface area contributed by atoms with Crippen molar-refractivity contribution in [2.75, 3.05) is 47.1 Å². The summed E-state index contributed by atoms with van der Waals surface area (Å²) in [5.41, 5.74) is 1.09. The van der Waals surface area contributed by atoms with E-state index in [2.05, 4.69) is 24.2 Å². The first-order valence-electron chi connectivity index (χ1n) is 9.04. The Morgan fingerprint density at radius 1 is 1.36 bits per heavy atom. The third-order valence-corrected chi connectivity index (χ3v) is 4.19. The molecule has 0 spiro atoms. The fraction of sp³-hybridized carbons (Fsp3) is 0.632. The Balaban J connectivity index is 2.04. The molecule has 0 amide bonds. The van der Waals surface area contributed by atoms with Gasteiger partial charge in [0.05, 0.1) is 26.9 Å². The van der Waals surface area contributed by atoms with Gasteiger partial charge in [0.15, 0.2) is 17.5 Å². The number of nitrogens with zero attached hydrogens (tertiary/aromatic N) is 2. The highest BCUT2D eigenvalue weighted by Gasteiger charge is 2.19. The van der Waals surface area contributed by atoms with Gasteiger partial charge in [-0.15, -0.1) is 0 Å². The molecule has 6 heteroatoms. The fourth-order valence-corrected chi connectivity index (χ4v) is 2.92. The van der Waals surface area contributed by atoms with Crippen molar-refractivity contribution in [3.8, 4) is 11.5 Å². The lowest BCUT2D eigenvalue weighted by Crippen LogP contribution is -2.41. The highest BCUT2D eigenvalue weighted by molar-refractivity contribution is 5.79. The lowest BCUT2D eigenvalue weighted by atomic mass is 10.1. The third-order valence-electron chi connectivity index (χ3n) is 4.19. The van der Waals surface area contributed by atoms with E-state index in [0.29, 0.717) is 19.1 Å². The Morgan fingerprint density at radius 2 is 2.20 bits per heavy atom. The monoisotopic (exact) mass is 349 g/mol. The predicted octanol–water partition coefficient (Wildman–Crippen LogP) is 2.53. The highest BCUT2D eigenvalue weighted by Crippen LogP contribution is 2.28. The summed E-state index contributed by atoms with van der Waals surface area (Å²) in [7, 11) is 3.74. The molecule has 1 heterocycles. The Hall–Kier alpha value is -1.95. The number of guanidine groups is 1. The van der Waals surface area contributed by atoms with Gasteiger partial charge in [-0.3, -0.25) is 0 Å². The average Bonchev–Trinajstić information content (AvgIpc) is 3.12. The van der Waals surface area contributed by atoms with Crippen molar-refractivity contribution in [3.05, 3.63) is 23.8 Å². The van der Waals surface area contributed by atoms with Gasteiger partial charge >= 0.3 is 0 Å². The van der Waals surface area contributed by atoms with E-state index in [1.165, 1.54) is 0 Å². The minimum atomic E-state index is 0.583. The second kappa shape index (κ2) is 10.1. The van der Waals surface area contributed by atoms with Crippen LogP contribution in [-0.2, 0) is 11.3 Å². The van der Waals surface area contributed by atoms with Gasteiger partial charge < -0.3 is 24.4 Å². The van der Waals surface area contributed by atoms with Gasteiger partial charge in [-0.25, -0.2) is 4.99 Å². The first-order valence-corrected chi connectivity index (χ1v) is 9.04. The van der Waals surface area contributed by atoms with Crippen LogP contribution < -0.4 is 14.8 Å². The lowest BCUT2D eigenvalue weighted by molar-refractivity contribution is 0.181. The summed E-state index contributed by atoms with van der Waals surface area (Å²) in [5.74, 6) is 3.01. The topological polar surface area (TPSA) is 55.3 Å². The maximum atomic E-state index is 5.57. The molecule has 1 aliphatic rings. The van der Waals surface area contributed by atoms with E-state index in [4.69, 9.17) is 19.2 Å². The maximum Gasteiger partial charge on any atom is 0.193 e. The molecule has 25 heavy (non-hydrogen) atoms. The van der Waals surface area contributed by atoms with Crippen LogP contribution in [0.2, 0.25) is 0 Å². The van der Waals surface area contributed by atoms with Crippen molar-refractivity contribution in [1.29, 1.82) is 0 Å². The third kappa shape index (κ3) is 5.81. The number of hydrogen-bond donors (Lipinski definition) is 1. The van der Waals surface area contributed by atoms with Crippen molar-refractivity contribution in [2.45, 2.75) is 26.8 Å². The summed E-state index contributed by atoms with van der Waals surface area (Å²) in [5, 5.41) is 3.37. The summed E-state index contributed by atoms with van der Waals surface area (Å²) < 4.78 is 16.5. The standard InChI is InChI=1S/C19H31N3O3/c1-5-20-19(22(3)13-16-9-10-24-14-16)21-12-15-7-8-17(25-6-2)18(11-15)23-4/h7-8,11,16H,5-6,9-10,12-14H2,1-4H3,(H,20,21). The minimum Gasteiger partial charge on any atom is -0.493 e. The number of rotatable bonds is 8. The molecular formula is C19H31N3O3. The second-order valence-electron chi connectivity index (χ2n) is 6.20. The largest absolute Gasteiger partial charge is 0.493 e. The number of aliphatic imine (C=N–C) groups is 1. The molecule has 140 valence electrons. The quantitative estimate of drug-likeness (QED) is 0.577. The van der Waals surface area contributed by atoms with Crippen molar-refractivity contribution < 1.29 is 14.2 Å². The van der Waals surface area contributed by atoms with Crippen molar-refractivity contribution >= 4 is 5.96 Å². The molecular weight excluding hydrogens is 318 g/mol. The van der Waals surface area contributed by atoms with Crippen LogP contribution in [0, 0.1) is 5.92 Å². The highest BCUT2D eigenvalue weighted by atomic mass is 16.5. The van der Waals surface area contributed by atoms with Gasteiger partial charge in [0.2, 0.25) is 0 Å². The van der Waals surface area contributed by atoms with Crippen LogP contribution in [-0.4, -0.2) is 57.9 Å². The first-order chi connectivity index (χ1) is 12.2. The molecule has 1 aromatic carbocycles. The molecule has 0 saturated carbocycles. The van der Waals surface area contributed by atoms with Crippen LogP contribution in [0.1, 0.15) is 25.8 Å². The lowest BCUT2D eigenvalue weighted by Gasteiger charge is -2.24. The van der Waals surface area contributed by atoms with Crippen molar-refractivity contribution in [2.24, 2.45) is 10.9 Å². The molecule has 0 aliphatic carbocycles. The molecule has 1 N–H and O–H groups in total. The summed E-state index contributed by atoms with van der Waals surface area (Å²) in [6.07, 6.45) is 1.12. The van der Waals surface area contributed by atoms with Gasteiger partial charge in [0, 0.05) is 32.7 Å². The number of nitrogens with one attached hydrogen (secondary N) is 1. The zero-order valence-corrected chi connectivity index (χ0v) is 15.9. The van der Waals surface area contributed by atoms with Crippen LogP contribution in [0.5, 0.6) is 11.5 Å². The summed E-state index contributed by atoms with van der Waals surface area (Å²) >= 11 is 0. The second-order valence-corrected chi connectivity index (χ2v) is 6.20. The molecule has 6 nitrogen and oxygen atoms in total. The van der Waals surface area contributed by atoms with Gasteiger partial charge in [-0.2, -0.15) is 0 Å². The number of benzene rings is 1. The van der Waals surface area contributed by atoms with Crippen molar-refractivity contribution in [3.63, 3.8) is 0 Å². The van der Waals surface area contributed by atoms with Crippen LogP contribution >= 0.6 is 0 Å². The van der Waals surface area contributed by atoms with Gasteiger partial charge in [-0.1, -0.05) is 6.07 Å². The first kappa shape index (κ1) is 19.4. The van der Waals surface area contributed by atoms with Crippen LogP contribution in [0.4, 0.5) is 0 Å².